The topological polar surface area (TPSA) is 48.3 Å². The first-order valence-corrected chi connectivity index (χ1v) is 7.86. The summed E-state index contributed by atoms with van der Waals surface area (Å²) in [4.78, 5) is 6.37. The van der Waals surface area contributed by atoms with Crippen molar-refractivity contribution >= 4 is 28.9 Å². The van der Waals surface area contributed by atoms with Gasteiger partial charge in [-0.1, -0.05) is 10.5 Å². The maximum atomic E-state index is 11.8. The lowest BCUT2D eigenvalue weighted by Crippen LogP contribution is -2.25. The fraction of sp³-hybridized carbons (Fsp3) is 0.286. The van der Waals surface area contributed by atoms with E-state index in [1.54, 1.807) is 23.7 Å². The summed E-state index contributed by atoms with van der Waals surface area (Å²) in [5.74, 6) is 0. The molecule has 100 valence electrons. The predicted octanol–water partition coefficient (Wildman–Crippen LogP) is 3.69. The van der Waals surface area contributed by atoms with Gasteiger partial charge in [0, 0.05) is 6.20 Å². The van der Waals surface area contributed by atoms with Crippen LogP contribution in [0.15, 0.2) is 40.9 Å². The van der Waals surface area contributed by atoms with Gasteiger partial charge in [0.05, 0.1) is 21.7 Å². The summed E-state index contributed by atoms with van der Waals surface area (Å²) in [6.07, 6.45) is 3.45. The minimum atomic E-state index is -1.21. The average molecular weight is 292 g/mol. The van der Waals surface area contributed by atoms with Gasteiger partial charge in [-0.2, -0.15) is 0 Å². The molecule has 0 saturated heterocycles. The molecule has 0 amide bonds. The van der Waals surface area contributed by atoms with Crippen LogP contribution in [0.1, 0.15) is 25.6 Å². The van der Waals surface area contributed by atoms with E-state index in [9.17, 15) is 4.55 Å². The van der Waals surface area contributed by atoms with E-state index in [0.717, 1.165) is 15.4 Å². The van der Waals surface area contributed by atoms with Crippen LogP contribution in [0, 0.1) is 0 Å². The monoisotopic (exact) mass is 292 g/mol. The van der Waals surface area contributed by atoms with Crippen LogP contribution < -0.4 is 0 Å². The average Bonchev–Trinajstić information content (AvgIpc) is 2.84. The van der Waals surface area contributed by atoms with Crippen LogP contribution in [0.25, 0.3) is 10.6 Å². The number of nitrogens with zero attached hydrogens (tertiary/aromatic N) is 2. The molecule has 0 saturated carbocycles. The molecule has 3 nitrogen and oxygen atoms in total. The van der Waals surface area contributed by atoms with E-state index in [1.165, 1.54) is 0 Å². The molecule has 2 heterocycles. The Balaban J connectivity index is 2.12. The Hall–Kier alpha value is -1.17. The Kier molecular flexibility index (Phi) is 4.39. The standard InChI is InChI=1S/C14H16N2OS2/c1-14(2,3)19(17)16-10-11-7-8-13(18-11)12-6-4-5-9-15-12/h4-10H,1-3H3/b16-10+. The predicted molar refractivity (Wildman–Crippen MR) is 83.0 cm³/mol. The zero-order valence-corrected chi connectivity index (χ0v) is 12.8. The molecule has 5 heteroatoms. The first kappa shape index (κ1) is 14.2. The van der Waals surface area contributed by atoms with E-state index in [1.807, 2.05) is 51.1 Å². The highest BCUT2D eigenvalue weighted by Gasteiger charge is 2.25. The Labute approximate surface area is 120 Å². The zero-order valence-electron chi connectivity index (χ0n) is 11.2. The van der Waals surface area contributed by atoms with E-state index in [4.69, 9.17) is 0 Å². The van der Waals surface area contributed by atoms with Crippen molar-refractivity contribution in [3.05, 3.63) is 41.4 Å². The minimum Gasteiger partial charge on any atom is -0.591 e. The molecule has 19 heavy (non-hydrogen) atoms. The zero-order chi connectivity index (χ0) is 13.9. The SMILES string of the molecule is CC(C)(C)[S+]([O-])/N=C/c1ccc(-c2ccccn2)s1. The molecular formula is C14H16N2OS2. The number of thiophene rings is 1. The second-order valence-corrected chi connectivity index (χ2v) is 8.06. The summed E-state index contributed by atoms with van der Waals surface area (Å²) < 4.78 is 15.6. The third kappa shape index (κ3) is 3.89. The van der Waals surface area contributed by atoms with E-state index in [0.29, 0.717) is 0 Å². The number of rotatable bonds is 3. The first-order valence-electron chi connectivity index (χ1n) is 5.94. The van der Waals surface area contributed by atoms with Crippen molar-refractivity contribution in [3.8, 4) is 10.6 Å². The number of aromatic nitrogens is 1. The van der Waals surface area contributed by atoms with Gasteiger partial charge in [0.2, 0.25) is 0 Å². The van der Waals surface area contributed by atoms with Crippen LogP contribution in [0.5, 0.6) is 0 Å². The van der Waals surface area contributed by atoms with E-state index >= 15 is 0 Å². The lowest BCUT2D eigenvalue weighted by atomic mass is 10.3. The van der Waals surface area contributed by atoms with Crippen LogP contribution in [0.2, 0.25) is 0 Å². The van der Waals surface area contributed by atoms with Gasteiger partial charge >= 0.3 is 0 Å². The maximum Gasteiger partial charge on any atom is 0.144 e. The summed E-state index contributed by atoms with van der Waals surface area (Å²) in [5, 5.41) is 0. The first-order chi connectivity index (χ1) is 8.97. The Morgan fingerprint density at radius 2 is 2.05 bits per heavy atom. The van der Waals surface area contributed by atoms with Crippen molar-refractivity contribution in [3.63, 3.8) is 0 Å². The second-order valence-electron chi connectivity index (χ2n) is 5.01. The van der Waals surface area contributed by atoms with Crippen LogP contribution in [0.4, 0.5) is 0 Å². The third-order valence-corrected chi connectivity index (χ3v) is 4.73. The van der Waals surface area contributed by atoms with E-state index in [-0.39, 0.29) is 4.75 Å². The number of pyridine rings is 1. The number of hydrogen-bond acceptors (Lipinski definition) is 4. The second kappa shape index (κ2) is 5.86. The van der Waals surface area contributed by atoms with Gasteiger partial charge in [-0.15, -0.1) is 11.3 Å². The van der Waals surface area contributed by atoms with Gasteiger partial charge in [-0.05, 0) is 45.0 Å². The van der Waals surface area contributed by atoms with Gasteiger partial charge in [-0.3, -0.25) is 4.98 Å². The van der Waals surface area contributed by atoms with Gasteiger partial charge in [0.25, 0.3) is 0 Å². The Bertz CT molecular complexity index is 558. The molecule has 0 aromatic carbocycles. The molecule has 0 bridgehead atoms. The number of hydrogen-bond donors (Lipinski definition) is 0. The van der Waals surface area contributed by atoms with Crippen molar-refractivity contribution in [2.24, 2.45) is 4.40 Å². The lowest BCUT2D eigenvalue weighted by molar-refractivity contribution is 0.562. The van der Waals surface area contributed by atoms with Crippen molar-refractivity contribution < 1.29 is 4.55 Å². The van der Waals surface area contributed by atoms with Crippen LogP contribution >= 0.6 is 11.3 Å². The lowest BCUT2D eigenvalue weighted by Gasteiger charge is -2.17. The summed E-state index contributed by atoms with van der Waals surface area (Å²) >= 11 is 0.380. The van der Waals surface area contributed by atoms with Gasteiger partial charge in [0.15, 0.2) is 0 Å². The molecular weight excluding hydrogens is 276 g/mol. The fourth-order valence-electron chi connectivity index (χ4n) is 1.33. The molecule has 2 rings (SSSR count). The van der Waals surface area contributed by atoms with Gasteiger partial charge in [-0.25, -0.2) is 0 Å². The fourth-order valence-corrected chi connectivity index (χ4v) is 2.78. The van der Waals surface area contributed by atoms with Crippen molar-refractivity contribution in [1.29, 1.82) is 0 Å². The van der Waals surface area contributed by atoms with Crippen molar-refractivity contribution in [1.82, 2.24) is 4.98 Å². The van der Waals surface area contributed by atoms with Crippen LogP contribution in [0.3, 0.4) is 0 Å². The maximum absolute atomic E-state index is 11.8. The van der Waals surface area contributed by atoms with Gasteiger partial charge in [0.1, 0.15) is 16.1 Å². The summed E-state index contributed by atoms with van der Waals surface area (Å²) in [7, 11) is 0. The molecule has 0 aliphatic rings. The third-order valence-electron chi connectivity index (χ3n) is 2.34. The summed E-state index contributed by atoms with van der Waals surface area (Å²) in [6.45, 7) is 5.73. The molecule has 2 aromatic rings. The molecule has 0 aliphatic carbocycles. The quantitative estimate of drug-likeness (QED) is 0.640. The molecule has 1 unspecified atom stereocenters. The van der Waals surface area contributed by atoms with Crippen molar-refractivity contribution in [2.45, 2.75) is 25.5 Å². The highest BCUT2D eigenvalue weighted by Crippen LogP contribution is 2.25. The van der Waals surface area contributed by atoms with E-state index in [2.05, 4.69) is 9.38 Å². The summed E-state index contributed by atoms with van der Waals surface area (Å²) in [6, 6.07) is 9.81. The minimum absolute atomic E-state index is 0.322. The van der Waals surface area contributed by atoms with Gasteiger partial charge < -0.3 is 4.55 Å². The molecule has 0 spiro atoms. The molecule has 0 fully saturated rings. The Morgan fingerprint density at radius 1 is 1.26 bits per heavy atom. The molecule has 0 radical (unpaired) electrons. The normalized spacial score (nSPS) is 13.9. The van der Waals surface area contributed by atoms with E-state index < -0.39 is 11.4 Å². The highest BCUT2D eigenvalue weighted by atomic mass is 32.2. The molecule has 0 N–H and O–H groups in total. The van der Waals surface area contributed by atoms with Crippen molar-refractivity contribution in [2.75, 3.05) is 0 Å². The highest BCUT2D eigenvalue weighted by molar-refractivity contribution is 7.91. The Morgan fingerprint density at radius 3 is 2.68 bits per heavy atom. The molecule has 2 aromatic heterocycles. The van der Waals surface area contributed by atoms with Crippen LogP contribution in [-0.2, 0) is 11.4 Å². The van der Waals surface area contributed by atoms with Crippen LogP contribution in [-0.4, -0.2) is 20.5 Å². The smallest absolute Gasteiger partial charge is 0.144 e. The summed E-state index contributed by atoms with van der Waals surface area (Å²) in [5.41, 5.74) is 0.948. The largest absolute Gasteiger partial charge is 0.591 e. The molecule has 0 aliphatic heterocycles. The molecule has 1 atom stereocenters.